The largest absolute Gasteiger partial charge is 0.355 e. The molecule has 0 spiro atoms. The number of nitrogens with zero attached hydrogens (tertiary/aromatic N) is 1. The maximum atomic E-state index is 12.2. The summed E-state index contributed by atoms with van der Waals surface area (Å²) in [5, 5.41) is 8.66. The molecule has 4 nitrogen and oxygen atoms in total. The van der Waals surface area contributed by atoms with Crippen molar-refractivity contribution < 1.29 is 4.79 Å². The van der Waals surface area contributed by atoms with Crippen molar-refractivity contribution in [2.75, 3.05) is 32.7 Å². The van der Waals surface area contributed by atoms with Gasteiger partial charge in [-0.2, -0.15) is 0 Å². The highest BCUT2D eigenvalue weighted by atomic mass is 32.1. The molecule has 1 aromatic heterocycles. The summed E-state index contributed by atoms with van der Waals surface area (Å²) in [6.45, 7) is 6.12. The van der Waals surface area contributed by atoms with E-state index in [2.05, 4.69) is 33.0 Å². The zero-order valence-corrected chi connectivity index (χ0v) is 14.0. The molecular weight excluding hydrogens is 294 g/mol. The van der Waals surface area contributed by atoms with Gasteiger partial charge in [-0.05, 0) is 56.1 Å². The SMILES string of the molecule is O=C(NCC1CCCN(Cc2cccs2)C1)C1CCCNC1. The minimum absolute atomic E-state index is 0.180. The van der Waals surface area contributed by atoms with Crippen molar-refractivity contribution >= 4 is 17.2 Å². The summed E-state index contributed by atoms with van der Waals surface area (Å²) in [5.74, 6) is 1.04. The number of amides is 1. The fraction of sp³-hybridized carbons (Fsp3) is 0.706. The molecule has 0 aliphatic carbocycles. The Labute approximate surface area is 137 Å². The minimum Gasteiger partial charge on any atom is -0.355 e. The molecule has 2 fully saturated rings. The molecule has 2 unspecified atom stereocenters. The molecule has 1 amide bonds. The average Bonchev–Trinajstić information content (AvgIpc) is 3.07. The molecule has 122 valence electrons. The summed E-state index contributed by atoms with van der Waals surface area (Å²) in [5.41, 5.74) is 0. The van der Waals surface area contributed by atoms with Crippen molar-refractivity contribution in [2.24, 2.45) is 11.8 Å². The van der Waals surface area contributed by atoms with Crippen LogP contribution in [0.1, 0.15) is 30.6 Å². The molecule has 3 heterocycles. The third-order valence-corrected chi connectivity index (χ3v) is 5.66. The fourth-order valence-corrected chi connectivity index (χ4v) is 4.30. The molecule has 2 N–H and O–H groups in total. The molecule has 22 heavy (non-hydrogen) atoms. The van der Waals surface area contributed by atoms with Crippen molar-refractivity contribution in [1.82, 2.24) is 15.5 Å². The summed E-state index contributed by atoms with van der Waals surface area (Å²) < 4.78 is 0. The summed E-state index contributed by atoms with van der Waals surface area (Å²) in [6.07, 6.45) is 4.64. The van der Waals surface area contributed by atoms with E-state index >= 15 is 0 Å². The standard InChI is InChI=1S/C17H27N3OS/c21-17(15-5-1-7-18-11-15)19-10-14-4-2-8-20(12-14)13-16-6-3-9-22-16/h3,6,9,14-15,18H,1-2,4-5,7-8,10-13H2,(H,19,21). The topological polar surface area (TPSA) is 44.4 Å². The predicted octanol–water partition coefficient (Wildman–Crippen LogP) is 2.08. The van der Waals surface area contributed by atoms with E-state index < -0.39 is 0 Å². The second kappa shape index (κ2) is 8.09. The number of likely N-dealkylation sites (tertiary alicyclic amines) is 1. The fourth-order valence-electron chi connectivity index (χ4n) is 3.55. The number of nitrogens with one attached hydrogen (secondary N) is 2. The Bertz CT molecular complexity index is 456. The smallest absolute Gasteiger partial charge is 0.224 e. The van der Waals surface area contributed by atoms with E-state index in [4.69, 9.17) is 0 Å². The van der Waals surface area contributed by atoms with Gasteiger partial charge >= 0.3 is 0 Å². The second-order valence-corrected chi connectivity index (χ2v) is 7.64. The van der Waals surface area contributed by atoms with Crippen LogP contribution in [0.25, 0.3) is 0 Å². The van der Waals surface area contributed by atoms with Crippen LogP contribution < -0.4 is 10.6 Å². The Balaban J connectivity index is 1.41. The number of hydrogen-bond donors (Lipinski definition) is 2. The Hall–Kier alpha value is -0.910. The van der Waals surface area contributed by atoms with Crippen LogP contribution in [-0.4, -0.2) is 43.5 Å². The van der Waals surface area contributed by atoms with Gasteiger partial charge in [-0.25, -0.2) is 0 Å². The van der Waals surface area contributed by atoms with Crippen LogP contribution in [0.3, 0.4) is 0 Å². The van der Waals surface area contributed by atoms with Crippen LogP contribution >= 0.6 is 11.3 Å². The molecule has 2 atom stereocenters. The van der Waals surface area contributed by atoms with Crippen LogP contribution in [0.5, 0.6) is 0 Å². The molecule has 0 radical (unpaired) electrons. The van der Waals surface area contributed by atoms with Crippen molar-refractivity contribution in [2.45, 2.75) is 32.2 Å². The summed E-state index contributed by atoms with van der Waals surface area (Å²) >= 11 is 1.84. The first kappa shape index (κ1) is 16.0. The van der Waals surface area contributed by atoms with Gasteiger partial charge in [0.25, 0.3) is 0 Å². The highest BCUT2D eigenvalue weighted by Crippen LogP contribution is 2.20. The third-order valence-electron chi connectivity index (χ3n) is 4.80. The third kappa shape index (κ3) is 4.54. The highest BCUT2D eigenvalue weighted by Gasteiger charge is 2.24. The Morgan fingerprint density at radius 3 is 3.14 bits per heavy atom. The lowest BCUT2D eigenvalue weighted by molar-refractivity contribution is -0.125. The molecular formula is C17H27N3OS. The number of rotatable bonds is 5. The summed E-state index contributed by atoms with van der Waals surface area (Å²) in [7, 11) is 0. The van der Waals surface area contributed by atoms with Gasteiger partial charge in [0.15, 0.2) is 0 Å². The summed E-state index contributed by atoms with van der Waals surface area (Å²) in [6, 6.07) is 4.34. The minimum atomic E-state index is 0.180. The van der Waals surface area contributed by atoms with Gasteiger partial charge in [-0.15, -0.1) is 11.3 Å². The Morgan fingerprint density at radius 1 is 1.41 bits per heavy atom. The van der Waals surface area contributed by atoms with E-state index in [1.165, 1.54) is 24.3 Å². The number of thiophene rings is 1. The van der Waals surface area contributed by atoms with Gasteiger partial charge in [0.1, 0.15) is 0 Å². The number of piperidine rings is 2. The van der Waals surface area contributed by atoms with E-state index in [1.807, 2.05) is 11.3 Å². The molecule has 5 heteroatoms. The van der Waals surface area contributed by atoms with Crippen LogP contribution in [0.15, 0.2) is 17.5 Å². The number of carbonyl (C=O) groups is 1. The van der Waals surface area contributed by atoms with Gasteiger partial charge in [0.05, 0.1) is 5.92 Å². The highest BCUT2D eigenvalue weighted by molar-refractivity contribution is 7.09. The lowest BCUT2D eigenvalue weighted by atomic mass is 9.96. The number of carbonyl (C=O) groups excluding carboxylic acids is 1. The van der Waals surface area contributed by atoms with Crippen LogP contribution in [0.4, 0.5) is 0 Å². The Morgan fingerprint density at radius 2 is 2.36 bits per heavy atom. The molecule has 3 rings (SSSR count). The molecule has 2 aliphatic rings. The van der Waals surface area contributed by atoms with Crippen molar-refractivity contribution in [3.8, 4) is 0 Å². The van der Waals surface area contributed by atoms with Gasteiger partial charge < -0.3 is 10.6 Å². The van der Waals surface area contributed by atoms with E-state index in [1.54, 1.807) is 0 Å². The lowest BCUT2D eigenvalue weighted by Gasteiger charge is -2.33. The molecule has 0 bridgehead atoms. The second-order valence-electron chi connectivity index (χ2n) is 6.61. The maximum Gasteiger partial charge on any atom is 0.224 e. The van der Waals surface area contributed by atoms with Crippen molar-refractivity contribution in [3.63, 3.8) is 0 Å². The van der Waals surface area contributed by atoms with E-state index in [-0.39, 0.29) is 11.8 Å². The summed E-state index contributed by atoms with van der Waals surface area (Å²) in [4.78, 5) is 16.2. The first-order valence-electron chi connectivity index (χ1n) is 8.54. The van der Waals surface area contributed by atoms with Crippen LogP contribution in [0.2, 0.25) is 0 Å². The number of hydrogen-bond acceptors (Lipinski definition) is 4. The maximum absolute atomic E-state index is 12.2. The molecule has 0 aromatic carbocycles. The van der Waals surface area contributed by atoms with E-state index in [0.717, 1.165) is 45.6 Å². The zero-order chi connectivity index (χ0) is 15.2. The van der Waals surface area contributed by atoms with Gasteiger partial charge in [0.2, 0.25) is 5.91 Å². The molecule has 1 aromatic rings. The van der Waals surface area contributed by atoms with E-state index in [9.17, 15) is 4.79 Å². The zero-order valence-electron chi connectivity index (χ0n) is 13.2. The van der Waals surface area contributed by atoms with Gasteiger partial charge in [-0.3, -0.25) is 9.69 Å². The monoisotopic (exact) mass is 321 g/mol. The van der Waals surface area contributed by atoms with Crippen molar-refractivity contribution in [3.05, 3.63) is 22.4 Å². The first-order chi connectivity index (χ1) is 10.8. The molecule has 2 saturated heterocycles. The van der Waals surface area contributed by atoms with Gasteiger partial charge in [-0.1, -0.05) is 6.07 Å². The lowest BCUT2D eigenvalue weighted by Crippen LogP contribution is -2.44. The predicted molar refractivity (Wildman–Crippen MR) is 90.9 cm³/mol. The van der Waals surface area contributed by atoms with E-state index in [0.29, 0.717) is 5.92 Å². The molecule has 2 aliphatic heterocycles. The Kier molecular flexibility index (Phi) is 5.87. The first-order valence-corrected chi connectivity index (χ1v) is 9.42. The normalized spacial score (nSPS) is 26.7. The van der Waals surface area contributed by atoms with Crippen LogP contribution in [0, 0.1) is 11.8 Å². The average molecular weight is 321 g/mol. The van der Waals surface area contributed by atoms with Crippen LogP contribution in [-0.2, 0) is 11.3 Å². The quantitative estimate of drug-likeness (QED) is 0.873. The molecule has 0 saturated carbocycles. The van der Waals surface area contributed by atoms with Crippen molar-refractivity contribution in [1.29, 1.82) is 0 Å². The van der Waals surface area contributed by atoms with Gasteiger partial charge in [0, 0.05) is 31.1 Å².